The first kappa shape index (κ1) is 15.6. The molecule has 1 aliphatic rings. The van der Waals surface area contributed by atoms with Gasteiger partial charge in [-0.15, -0.1) is 11.8 Å². The Kier molecular flexibility index (Phi) is 5.69. The first-order valence-electron chi connectivity index (χ1n) is 6.88. The highest BCUT2D eigenvalue weighted by Gasteiger charge is 2.23. The summed E-state index contributed by atoms with van der Waals surface area (Å²) in [7, 11) is 1.77. The summed E-state index contributed by atoms with van der Waals surface area (Å²) in [4.78, 5) is 4.05. The van der Waals surface area contributed by atoms with Gasteiger partial charge >= 0.3 is 0 Å². The van der Waals surface area contributed by atoms with Crippen molar-refractivity contribution < 1.29 is 4.74 Å². The fraction of sp³-hybridized carbons (Fsp3) is 0.533. The fourth-order valence-corrected chi connectivity index (χ4v) is 3.77. The number of anilines is 1. The highest BCUT2D eigenvalue weighted by molar-refractivity contribution is 7.98. The first-order chi connectivity index (χ1) is 9.67. The lowest BCUT2D eigenvalue weighted by molar-refractivity contribution is 0.143. The molecular formula is C15H22N2OS2. The van der Waals surface area contributed by atoms with Gasteiger partial charge in [0.05, 0.1) is 6.61 Å². The number of hydrogen-bond donors (Lipinski definition) is 1. The van der Waals surface area contributed by atoms with Crippen LogP contribution in [0.4, 0.5) is 5.69 Å². The Morgan fingerprint density at radius 2 is 2.35 bits per heavy atom. The van der Waals surface area contributed by atoms with E-state index >= 15 is 0 Å². The molecule has 3 nitrogen and oxygen atoms in total. The summed E-state index contributed by atoms with van der Waals surface area (Å²) in [6.45, 7) is 2.90. The fourth-order valence-electron chi connectivity index (χ4n) is 2.86. The van der Waals surface area contributed by atoms with Gasteiger partial charge < -0.3 is 15.4 Å². The zero-order valence-electron chi connectivity index (χ0n) is 12.1. The van der Waals surface area contributed by atoms with E-state index in [0.29, 0.717) is 10.9 Å². The van der Waals surface area contributed by atoms with Gasteiger partial charge in [-0.25, -0.2) is 0 Å². The van der Waals surface area contributed by atoms with Crippen molar-refractivity contribution in [2.24, 2.45) is 11.7 Å². The molecule has 5 heteroatoms. The van der Waals surface area contributed by atoms with Crippen molar-refractivity contribution in [3.63, 3.8) is 0 Å². The van der Waals surface area contributed by atoms with Crippen LogP contribution in [0.3, 0.4) is 0 Å². The summed E-state index contributed by atoms with van der Waals surface area (Å²) in [6.07, 6.45) is 4.48. The number of rotatable bonds is 5. The second-order valence-corrected chi connectivity index (χ2v) is 6.42. The van der Waals surface area contributed by atoms with E-state index in [2.05, 4.69) is 29.4 Å². The average Bonchev–Trinajstić information content (AvgIpc) is 2.47. The second kappa shape index (κ2) is 7.29. The maximum Gasteiger partial charge on any atom is 0.107 e. The molecule has 0 aromatic heterocycles. The molecule has 0 saturated carbocycles. The molecule has 0 radical (unpaired) electrons. The molecule has 1 saturated heterocycles. The van der Waals surface area contributed by atoms with Crippen LogP contribution in [-0.2, 0) is 4.74 Å². The first-order valence-corrected chi connectivity index (χ1v) is 8.51. The van der Waals surface area contributed by atoms with Crippen LogP contribution < -0.4 is 10.6 Å². The quantitative estimate of drug-likeness (QED) is 0.669. The van der Waals surface area contributed by atoms with Crippen LogP contribution in [0.2, 0.25) is 0 Å². The van der Waals surface area contributed by atoms with E-state index in [1.807, 2.05) is 0 Å². The van der Waals surface area contributed by atoms with E-state index in [1.54, 1.807) is 18.9 Å². The zero-order chi connectivity index (χ0) is 14.5. The van der Waals surface area contributed by atoms with Crippen molar-refractivity contribution in [3.05, 3.63) is 23.8 Å². The monoisotopic (exact) mass is 310 g/mol. The lowest BCUT2D eigenvalue weighted by Crippen LogP contribution is -2.38. The third-order valence-corrected chi connectivity index (χ3v) is 4.72. The molecule has 2 N–H and O–H groups in total. The van der Waals surface area contributed by atoms with Gasteiger partial charge in [-0.05, 0) is 37.1 Å². The van der Waals surface area contributed by atoms with Crippen LogP contribution in [0.15, 0.2) is 23.1 Å². The SMILES string of the molecule is COCC1CCCN(c2cccc(SC)c2C(N)=S)C1. The Hall–Kier alpha value is -0.780. The van der Waals surface area contributed by atoms with Gasteiger partial charge in [-0.1, -0.05) is 18.3 Å². The van der Waals surface area contributed by atoms with E-state index in [-0.39, 0.29) is 0 Å². The molecular weight excluding hydrogens is 288 g/mol. The molecule has 1 fully saturated rings. The van der Waals surface area contributed by atoms with Crippen molar-refractivity contribution >= 4 is 34.7 Å². The molecule has 0 spiro atoms. The van der Waals surface area contributed by atoms with Gasteiger partial charge in [0.1, 0.15) is 4.99 Å². The van der Waals surface area contributed by atoms with Crippen LogP contribution in [0, 0.1) is 5.92 Å². The van der Waals surface area contributed by atoms with Gasteiger partial charge in [-0.3, -0.25) is 0 Å². The Balaban J connectivity index is 2.29. The highest BCUT2D eigenvalue weighted by Crippen LogP contribution is 2.32. The van der Waals surface area contributed by atoms with Crippen molar-refractivity contribution in [1.82, 2.24) is 0 Å². The number of piperidine rings is 1. The van der Waals surface area contributed by atoms with Crippen molar-refractivity contribution in [2.75, 3.05) is 38.0 Å². The summed E-state index contributed by atoms with van der Waals surface area (Å²) in [5.74, 6) is 0.589. The van der Waals surface area contributed by atoms with Gasteiger partial charge in [-0.2, -0.15) is 0 Å². The number of methoxy groups -OCH3 is 1. The maximum atomic E-state index is 5.96. The highest BCUT2D eigenvalue weighted by atomic mass is 32.2. The molecule has 2 rings (SSSR count). The number of thiocarbonyl (C=S) groups is 1. The topological polar surface area (TPSA) is 38.5 Å². The largest absolute Gasteiger partial charge is 0.389 e. The molecule has 1 aromatic carbocycles. The number of hydrogen-bond acceptors (Lipinski definition) is 4. The molecule has 1 heterocycles. The third kappa shape index (κ3) is 3.45. The predicted molar refractivity (Wildman–Crippen MR) is 90.9 cm³/mol. The van der Waals surface area contributed by atoms with Crippen molar-refractivity contribution in [1.29, 1.82) is 0 Å². The number of nitrogens with zero attached hydrogens (tertiary/aromatic N) is 1. The van der Waals surface area contributed by atoms with E-state index in [4.69, 9.17) is 22.7 Å². The van der Waals surface area contributed by atoms with Gasteiger partial charge in [0, 0.05) is 36.3 Å². The van der Waals surface area contributed by atoms with Crippen molar-refractivity contribution in [3.8, 4) is 0 Å². The van der Waals surface area contributed by atoms with Crippen LogP contribution in [0.5, 0.6) is 0 Å². The second-order valence-electron chi connectivity index (χ2n) is 5.13. The number of nitrogens with two attached hydrogens (primary N) is 1. The Morgan fingerprint density at radius 3 is 3.00 bits per heavy atom. The average molecular weight is 310 g/mol. The normalized spacial score (nSPS) is 19.1. The molecule has 110 valence electrons. The Labute approximate surface area is 130 Å². The molecule has 1 atom stereocenters. The summed E-state index contributed by atoms with van der Waals surface area (Å²) in [6, 6.07) is 6.30. The van der Waals surface area contributed by atoms with Gasteiger partial charge in [0.15, 0.2) is 0 Å². The van der Waals surface area contributed by atoms with E-state index in [0.717, 1.165) is 30.2 Å². The molecule has 0 bridgehead atoms. The maximum absolute atomic E-state index is 5.96. The van der Waals surface area contributed by atoms with E-state index in [1.165, 1.54) is 18.5 Å². The number of thioether (sulfide) groups is 1. The summed E-state index contributed by atoms with van der Waals surface area (Å²) >= 11 is 6.96. The Morgan fingerprint density at radius 1 is 1.55 bits per heavy atom. The van der Waals surface area contributed by atoms with Crippen LogP contribution in [0.25, 0.3) is 0 Å². The van der Waals surface area contributed by atoms with Gasteiger partial charge in [0.2, 0.25) is 0 Å². The minimum Gasteiger partial charge on any atom is -0.389 e. The number of benzene rings is 1. The minimum absolute atomic E-state index is 0.485. The Bertz CT molecular complexity index is 477. The molecule has 1 aliphatic heterocycles. The molecule has 1 unspecified atom stereocenters. The summed E-state index contributed by atoms with van der Waals surface area (Å²) in [5, 5.41) is 0. The number of ether oxygens (including phenoxy) is 1. The summed E-state index contributed by atoms with van der Waals surface area (Å²) < 4.78 is 5.31. The standard InChI is InChI=1S/C15H22N2OS2/c1-18-10-11-5-4-8-17(9-11)12-6-3-7-13(20-2)14(12)15(16)19/h3,6-7,11H,4-5,8-10H2,1-2H3,(H2,16,19). The van der Waals surface area contributed by atoms with E-state index in [9.17, 15) is 0 Å². The van der Waals surface area contributed by atoms with Crippen LogP contribution in [0.1, 0.15) is 18.4 Å². The van der Waals surface area contributed by atoms with E-state index < -0.39 is 0 Å². The third-order valence-electron chi connectivity index (χ3n) is 3.73. The molecule has 1 aromatic rings. The lowest BCUT2D eigenvalue weighted by Gasteiger charge is -2.35. The van der Waals surface area contributed by atoms with Crippen LogP contribution in [-0.4, -0.2) is 38.1 Å². The smallest absolute Gasteiger partial charge is 0.107 e. The predicted octanol–water partition coefficient (Wildman–Crippen LogP) is 2.91. The lowest BCUT2D eigenvalue weighted by atomic mass is 9.97. The van der Waals surface area contributed by atoms with Crippen LogP contribution >= 0.6 is 24.0 Å². The van der Waals surface area contributed by atoms with Crippen molar-refractivity contribution in [2.45, 2.75) is 17.7 Å². The minimum atomic E-state index is 0.485. The molecule has 0 aliphatic carbocycles. The zero-order valence-corrected chi connectivity index (χ0v) is 13.7. The van der Waals surface area contributed by atoms with Gasteiger partial charge in [0.25, 0.3) is 0 Å². The molecule has 20 heavy (non-hydrogen) atoms. The summed E-state index contributed by atoms with van der Waals surface area (Å²) in [5.41, 5.74) is 8.15. The molecule has 0 amide bonds.